The van der Waals surface area contributed by atoms with Crippen molar-refractivity contribution in [3.05, 3.63) is 0 Å². The zero-order valence-electron chi connectivity index (χ0n) is 10.1. The molecular formula is C11H19N3O3. The highest BCUT2D eigenvalue weighted by Crippen LogP contribution is 2.25. The van der Waals surface area contributed by atoms with Crippen molar-refractivity contribution in [1.29, 1.82) is 5.26 Å². The van der Waals surface area contributed by atoms with E-state index in [0.717, 1.165) is 0 Å². The maximum atomic E-state index is 10.9. The van der Waals surface area contributed by atoms with Crippen LogP contribution >= 0.6 is 0 Å². The zero-order valence-corrected chi connectivity index (χ0v) is 10.1. The predicted octanol–water partition coefficient (Wildman–Crippen LogP) is -0.335. The minimum Gasteiger partial charge on any atom is -0.481 e. The lowest BCUT2D eigenvalue weighted by atomic mass is 9.86. The Kier molecular flexibility index (Phi) is 5.35. The van der Waals surface area contributed by atoms with Crippen molar-refractivity contribution in [2.24, 2.45) is 0 Å². The molecule has 0 aromatic carbocycles. The van der Waals surface area contributed by atoms with Gasteiger partial charge in [-0.15, -0.1) is 0 Å². The first-order valence-corrected chi connectivity index (χ1v) is 5.68. The molecule has 0 atom stereocenters. The highest BCUT2D eigenvalue weighted by Gasteiger charge is 2.43. The van der Waals surface area contributed by atoms with Crippen LogP contribution in [0.5, 0.6) is 0 Å². The van der Waals surface area contributed by atoms with Gasteiger partial charge in [0.05, 0.1) is 24.6 Å². The molecule has 17 heavy (non-hydrogen) atoms. The Labute approximate surface area is 101 Å². The fourth-order valence-corrected chi connectivity index (χ4v) is 2.13. The third kappa shape index (κ3) is 3.66. The van der Waals surface area contributed by atoms with Crippen LogP contribution in [0, 0.1) is 11.3 Å². The van der Waals surface area contributed by atoms with E-state index in [4.69, 9.17) is 15.1 Å². The van der Waals surface area contributed by atoms with Crippen molar-refractivity contribution in [3.63, 3.8) is 0 Å². The predicted molar refractivity (Wildman–Crippen MR) is 61.5 cm³/mol. The van der Waals surface area contributed by atoms with Crippen LogP contribution in [0.1, 0.15) is 12.8 Å². The van der Waals surface area contributed by atoms with Gasteiger partial charge in [-0.3, -0.25) is 9.69 Å². The highest BCUT2D eigenvalue weighted by molar-refractivity contribution is 5.68. The van der Waals surface area contributed by atoms with Crippen LogP contribution in [0.15, 0.2) is 0 Å². The lowest BCUT2D eigenvalue weighted by Gasteiger charge is -2.50. The number of hydrogen-bond acceptors (Lipinski definition) is 5. The largest absolute Gasteiger partial charge is 0.481 e. The van der Waals surface area contributed by atoms with Crippen LogP contribution in [0.4, 0.5) is 0 Å². The molecule has 2 N–H and O–H groups in total. The highest BCUT2D eigenvalue weighted by atomic mass is 16.5. The number of aliphatic carboxylic acids is 1. The summed E-state index contributed by atoms with van der Waals surface area (Å²) in [5.41, 5.74) is -0.346. The zero-order chi connectivity index (χ0) is 12.7. The normalized spacial score (nSPS) is 17.5. The van der Waals surface area contributed by atoms with Crippen molar-refractivity contribution in [2.75, 3.05) is 39.9 Å². The number of nitrogens with one attached hydrogen (secondary N) is 1. The molecule has 0 radical (unpaired) electrons. The Balaban J connectivity index is 2.63. The summed E-state index contributed by atoms with van der Waals surface area (Å²) in [5.74, 6) is -0.800. The number of carboxylic acid groups (broad SMARTS) is 1. The third-order valence-electron chi connectivity index (χ3n) is 3.12. The quantitative estimate of drug-likeness (QED) is 0.605. The molecule has 96 valence electrons. The summed E-state index contributed by atoms with van der Waals surface area (Å²) in [7, 11) is 1.62. The van der Waals surface area contributed by atoms with Gasteiger partial charge in [0.2, 0.25) is 0 Å². The minimum atomic E-state index is -0.800. The number of nitrogens with zero attached hydrogens (tertiary/aromatic N) is 2. The lowest BCUT2D eigenvalue weighted by Crippen LogP contribution is -2.70. The summed E-state index contributed by atoms with van der Waals surface area (Å²) in [5, 5.41) is 20.7. The van der Waals surface area contributed by atoms with Gasteiger partial charge in [-0.05, 0) is 0 Å². The van der Waals surface area contributed by atoms with Crippen molar-refractivity contribution < 1.29 is 14.6 Å². The van der Waals surface area contributed by atoms with Crippen LogP contribution in [0.3, 0.4) is 0 Å². The molecule has 1 fully saturated rings. The number of rotatable bonds is 8. The van der Waals surface area contributed by atoms with Crippen LogP contribution in [0.2, 0.25) is 0 Å². The third-order valence-corrected chi connectivity index (χ3v) is 3.12. The summed E-state index contributed by atoms with van der Waals surface area (Å²) in [6.07, 6.45) is 0.514. The van der Waals surface area contributed by atoms with Crippen molar-refractivity contribution in [2.45, 2.75) is 18.4 Å². The van der Waals surface area contributed by atoms with Crippen LogP contribution in [0.25, 0.3) is 0 Å². The standard InChI is InChI=1S/C11H19N3O3/c1-17-6-5-14(4-2-3-12)11(7-10(15)16)8-13-9-11/h13H,2,4-9H2,1H3,(H,15,16). The average molecular weight is 241 g/mol. The Morgan fingerprint density at radius 2 is 2.29 bits per heavy atom. The average Bonchev–Trinajstić information content (AvgIpc) is 2.24. The fourth-order valence-electron chi connectivity index (χ4n) is 2.13. The molecule has 6 nitrogen and oxygen atoms in total. The molecule has 0 bridgehead atoms. The molecule has 0 unspecified atom stereocenters. The molecule has 1 aliphatic rings. The molecule has 1 rings (SSSR count). The molecule has 0 aromatic rings. The first kappa shape index (κ1) is 13.9. The summed E-state index contributed by atoms with van der Waals surface area (Å²) >= 11 is 0. The molecule has 0 amide bonds. The second-order valence-electron chi connectivity index (χ2n) is 4.29. The van der Waals surface area contributed by atoms with Gasteiger partial charge in [-0.1, -0.05) is 0 Å². The number of hydrogen-bond donors (Lipinski definition) is 2. The van der Waals surface area contributed by atoms with Crippen LogP contribution < -0.4 is 5.32 Å². The summed E-state index contributed by atoms with van der Waals surface area (Å²) in [6, 6.07) is 2.10. The molecule has 1 saturated heterocycles. The van der Waals surface area contributed by atoms with Gasteiger partial charge in [0.1, 0.15) is 0 Å². The van der Waals surface area contributed by atoms with Crippen molar-refractivity contribution >= 4 is 5.97 Å². The van der Waals surface area contributed by atoms with E-state index in [-0.39, 0.29) is 12.0 Å². The molecule has 1 aliphatic heterocycles. The Morgan fingerprint density at radius 1 is 1.59 bits per heavy atom. The van der Waals surface area contributed by atoms with Crippen molar-refractivity contribution in [1.82, 2.24) is 10.2 Å². The summed E-state index contributed by atoms with van der Waals surface area (Å²) in [4.78, 5) is 13.0. The van der Waals surface area contributed by atoms with Gasteiger partial charge in [0.25, 0.3) is 0 Å². The number of ether oxygens (including phenoxy) is 1. The van der Waals surface area contributed by atoms with E-state index in [0.29, 0.717) is 39.2 Å². The Morgan fingerprint density at radius 3 is 2.71 bits per heavy atom. The topological polar surface area (TPSA) is 85.6 Å². The SMILES string of the molecule is COCCN(CCC#N)C1(CC(=O)O)CNC1. The van der Waals surface area contributed by atoms with Gasteiger partial charge in [-0.25, -0.2) is 0 Å². The summed E-state index contributed by atoms with van der Waals surface area (Å²) in [6.45, 7) is 3.12. The van der Waals surface area contributed by atoms with Crippen LogP contribution in [-0.4, -0.2) is 61.4 Å². The minimum absolute atomic E-state index is 0.106. The Hall–Kier alpha value is -1.16. The van der Waals surface area contributed by atoms with E-state index >= 15 is 0 Å². The van der Waals surface area contributed by atoms with Gasteiger partial charge in [0, 0.05) is 39.7 Å². The van der Waals surface area contributed by atoms with Crippen LogP contribution in [-0.2, 0) is 9.53 Å². The number of carboxylic acids is 1. The lowest BCUT2D eigenvalue weighted by molar-refractivity contribution is -0.142. The molecule has 1 heterocycles. The van der Waals surface area contributed by atoms with E-state index in [2.05, 4.69) is 16.3 Å². The monoisotopic (exact) mass is 241 g/mol. The smallest absolute Gasteiger partial charge is 0.305 e. The number of nitriles is 1. The molecular weight excluding hydrogens is 222 g/mol. The van der Waals surface area contributed by atoms with Gasteiger partial charge in [0.15, 0.2) is 0 Å². The first-order valence-electron chi connectivity index (χ1n) is 5.68. The van der Waals surface area contributed by atoms with Gasteiger partial charge in [-0.2, -0.15) is 5.26 Å². The molecule has 6 heteroatoms. The first-order chi connectivity index (χ1) is 8.14. The molecule has 0 aliphatic carbocycles. The van der Waals surface area contributed by atoms with E-state index in [1.54, 1.807) is 7.11 Å². The fraction of sp³-hybridized carbons (Fsp3) is 0.818. The maximum absolute atomic E-state index is 10.9. The van der Waals surface area contributed by atoms with E-state index in [9.17, 15) is 4.79 Å². The van der Waals surface area contributed by atoms with Gasteiger partial charge >= 0.3 is 5.97 Å². The van der Waals surface area contributed by atoms with E-state index in [1.165, 1.54) is 0 Å². The van der Waals surface area contributed by atoms with Gasteiger partial charge < -0.3 is 15.2 Å². The molecule has 0 spiro atoms. The number of carbonyl (C=O) groups is 1. The second kappa shape index (κ2) is 6.55. The summed E-state index contributed by atoms with van der Waals surface area (Å²) < 4.78 is 5.03. The Bertz CT molecular complexity index is 297. The van der Waals surface area contributed by atoms with E-state index < -0.39 is 5.97 Å². The second-order valence-corrected chi connectivity index (χ2v) is 4.29. The molecule has 0 aromatic heterocycles. The molecule has 0 saturated carbocycles. The van der Waals surface area contributed by atoms with Crippen molar-refractivity contribution in [3.8, 4) is 6.07 Å². The number of methoxy groups -OCH3 is 1. The van der Waals surface area contributed by atoms with E-state index in [1.807, 2.05) is 0 Å². The maximum Gasteiger partial charge on any atom is 0.305 e.